The third kappa shape index (κ3) is 13.9. The SMILES string of the molecule is COCC[O][Al+2][O]CCOC.[H-].[H-].[NaH]. The molecule has 0 aliphatic carbocycles. The molecule has 4 nitrogen and oxygen atoms in total. The molecule has 0 unspecified atom stereocenters. The van der Waals surface area contributed by atoms with Gasteiger partial charge in [0.05, 0.1) is 13.2 Å². The van der Waals surface area contributed by atoms with E-state index in [9.17, 15) is 0 Å². The number of ether oxygens (including phenoxy) is 2. The first kappa shape index (κ1) is 15.8. The summed E-state index contributed by atoms with van der Waals surface area (Å²) in [5.74, 6) is 0. The fourth-order valence-electron chi connectivity index (χ4n) is 0.407. The van der Waals surface area contributed by atoms with Gasteiger partial charge in [0.25, 0.3) is 0 Å². The second-order valence-electron chi connectivity index (χ2n) is 1.82. The van der Waals surface area contributed by atoms with E-state index in [4.69, 9.17) is 17.1 Å². The molecule has 0 rings (SSSR count). The Hall–Kier alpha value is 1.37. The Balaban J connectivity index is -0.000000167. The molecule has 5 radical (unpaired) electrons. The monoisotopic (exact) mass is 203 g/mol. The van der Waals surface area contributed by atoms with Gasteiger partial charge < -0.3 is 12.3 Å². The molecule has 0 saturated carbocycles. The van der Waals surface area contributed by atoms with Gasteiger partial charge >= 0.3 is 45.4 Å². The van der Waals surface area contributed by atoms with E-state index in [-0.39, 0.29) is 48.3 Å². The predicted octanol–water partition coefficient (Wildman–Crippen LogP) is -0.577. The summed E-state index contributed by atoms with van der Waals surface area (Å²) in [6.07, 6.45) is 0. The average Bonchev–Trinajstić information content (AvgIpc) is 2.03. The fourth-order valence-corrected chi connectivity index (χ4v) is 0.888. The van der Waals surface area contributed by atoms with E-state index < -0.39 is 0 Å². The van der Waals surface area contributed by atoms with E-state index in [1.54, 1.807) is 14.2 Å². The van der Waals surface area contributed by atoms with Gasteiger partial charge in [0.1, 0.15) is 13.2 Å². The Morgan fingerprint density at radius 2 is 1.33 bits per heavy atom. The van der Waals surface area contributed by atoms with Gasteiger partial charge in [0.2, 0.25) is 0 Å². The van der Waals surface area contributed by atoms with Gasteiger partial charge in [0.15, 0.2) is 0 Å². The molecule has 69 valence electrons. The van der Waals surface area contributed by atoms with Crippen LogP contribution in [-0.2, 0) is 17.1 Å². The number of hydrogen-bond acceptors (Lipinski definition) is 4. The molecule has 0 bridgehead atoms. The predicted molar refractivity (Wildman–Crippen MR) is 50.8 cm³/mol. The van der Waals surface area contributed by atoms with Crippen LogP contribution in [0.4, 0.5) is 0 Å². The zero-order valence-corrected chi connectivity index (χ0v) is 8.19. The minimum absolute atomic E-state index is 0. The van der Waals surface area contributed by atoms with Crippen molar-refractivity contribution in [2.45, 2.75) is 0 Å². The molecule has 0 fully saturated rings. The quantitative estimate of drug-likeness (QED) is 0.391. The molecule has 0 aliphatic heterocycles. The third-order valence-corrected chi connectivity index (χ3v) is 1.69. The topological polar surface area (TPSA) is 36.9 Å². The maximum atomic E-state index is 5.10. The van der Waals surface area contributed by atoms with Crippen molar-refractivity contribution in [3.63, 3.8) is 0 Å². The summed E-state index contributed by atoms with van der Waals surface area (Å²) in [7, 11) is 3.29. The van der Waals surface area contributed by atoms with Gasteiger partial charge in [-0.25, -0.2) is 0 Å². The van der Waals surface area contributed by atoms with Gasteiger partial charge in [-0.05, 0) is 0 Å². The third-order valence-electron chi connectivity index (χ3n) is 0.947. The Labute approximate surface area is 106 Å². The maximum absolute atomic E-state index is 5.10. The summed E-state index contributed by atoms with van der Waals surface area (Å²) in [5.41, 5.74) is 0. The van der Waals surface area contributed by atoms with Crippen molar-refractivity contribution in [2.75, 3.05) is 40.6 Å². The van der Waals surface area contributed by atoms with E-state index in [2.05, 4.69) is 0 Å². The molecule has 0 N–H and O–H groups in total. The van der Waals surface area contributed by atoms with Gasteiger partial charge in [-0.2, -0.15) is 0 Å². The molecule has 0 heterocycles. The Bertz CT molecular complexity index is 76.9. The van der Waals surface area contributed by atoms with E-state index in [1.165, 1.54) is 0 Å². The molecule has 0 amide bonds. The number of hydrogen-bond donors (Lipinski definition) is 0. The molecule has 0 aromatic carbocycles. The minimum atomic E-state index is -0.349. The van der Waals surface area contributed by atoms with Crippen molar-refractivity contribution in [2.24, 2.45) is 0 Å². The molecular formula is C6H17AlNaO4. The standard InChI is InChI=1S/2C3H7O2.Al.Na.3H/c2*1-5-3-2-4;;;;;/h2*2-3H2,1H3;;;;;/q2*-1;+4;;;2*-1. The molecule has 0 atom stereocenters. The number of methoxy groups -OCH3 is 2. The molecule has 0 spiro atoms. The fraction of sp³-hybridized carbons (Fsp3) is 1.00. The van der Waals surface area contributed by atoms with E-state index in [0.29, 0.717) is 26.4 Å². The van der Waals surface area contributed by atoms with Crippen LogP contribution in [0.5, 0.6) is 0 Å². The molecule has 0 aliphatic rings. The van der Waals surface area contributed by atoms with Crippen LogP contribution < -0.4 is 0 Å². The van der Waals surface area contributed by atoms with Crippen LogP contribution in [0.15, 0.2) is 0 Å². The Morgan fingerprint density at radius 3 is 1.67 bits per heavy atom. The summed E-state index contributed by atoms with van der Waals surface area (Å²) in [4.78, 5) is 0. The Morgan fingerprint density at radius 1 is 0.917 bits per heavy atom. The van der Waals surface area contributed by atoms with Gasteiger partial charge in [-0.15, -0.1) is 7.58 Å². The zero-order chi connectivity index (χ0) is 8.36. The summed E-state index contributed by atoms with van der Waals surface area (Å²) in [5, 5.41) is 0. The summed E-state index contributed by atoms with van der Waals surface area (Å²) in [6, 6.07) is 0. The first-order valence-electron chi connectivity index (χ1n) is 3.44. The van der Waals surface area contributed by atoms with Crippen molar-refractivity contribution in [3.05, 3.63) is 0 Å². The summed E-state index contributed by atoms with van der Waals surface area (Å²) < 4.78 is 19.8. The molecule has 12 heavy (non-hydrogen) atoms. The first-order chi connectivity index (χ1) is 5.41. The second kappa shape index (κ2) is 14.9. The first-order valence-corrected chi connectivity index (χ1v) is 4.39. The van der Waals surface area contributed by atoms with Crippen molar-refractivity contribution < 1.29 is 19.9 Å². The van der Waals surface area contributed by atoms with Crippen LogP contribution in [0, 0.1) is 0 Å². The average molecular weight is 203 g/mol. The van der Waals surface area contributed by atoms with Crippen LogP contribution in [0.25, 0.3) is 0 Å². The summed E-state index contributed by atoms with van der Waals surface area (Å²) in [6.45, 7) is 2.47. The molecule has 6 heteroatoms. The van der Waals surface area contributed by atoms with Crippen LogP contribution in [-0.4, -0.2) is 86.1 Å². The van der Waals surface area contributed by atoms with Crippen LogP contribution in [0.3, 0.4) is 0 Å². The Kier molecular flexibility index (Phi) is 19.6. The molecule has 0 aromatic rings. The summed E-state index contributed by atoms with van der Waals surface area (Å²) >= 11 is -0.349. The van der Waals surface area contributed by atoms with Crippen molar-refractivity contribution >= 4 is 45.4 Å². The molecule has 0 saturated heterocycles. The van der Waals surface area contributed by atoms with Gasteiger partial charge in [0, 0.05) is 14.2 Å². The van der Waals surface area contributed by atoms with Gasteiger partial charge in [-0.3, -0.25) is 0 Å². The van der Waals surface area contributed by atoms with Crippen LogP contribution in [0.1, 0.15) is 2.85 Å². The molecular weight excluding hydrogens is 186 g/mol. The van der Waals surface area contributed by atoms with E-state index >= 15 is 0 Å². The zero-order valence-electron chi connectivity index (χ0n) is 9.04. The van der Waals surface area contributed by atoms with Crippen molar-refractivity contribution in [1.82, 2.24) is 0 Å². The normalized spacial score (nSPS) is 9.50. The van der Waals surface area contributed by atoms with Crippen molar-refractivity contribution in [1.29, 1.82) is 0 Å². The van der Waals surface area contributed by atoms with Gasteiger partial charge in [-0.1, -0.05) is 0 Å². The molecule has 0 aromatic heterocycles. The van der Waals surface area contributed by atoms with Crippen molar-refractivity contribution in [3.8, 4) is 0 Å². The van der Waals surface area contributed by atoms with E-state index in [0.717, 1.165) is 0 Å². The second-order valence-corrected chi connectivity index (χ2v) is 2.68. The van der Waals surface area contributed by atoms with Crippen LogP contribution in [0.2, 0.25) is 0 Å². The number of rotatable bonds is 8. The van der Waals surface area contributed by atoms with E-state index in [1.807, 2.05) is 0 Å². The van der Waals surface area contributed by atoms with Crippen LogP contribution >= 0.6 is 0 Å².